The van der Waals surface area contributed by atoms with Crippen molar-refractivity contribution in [3.8, 4) is 5.69 Å². The molecular formula is C18H17N5O3. The van der Waals surface area contributed by atoms with E-state index < -0.39 is 4.92 Å². The molecule has 0 saturated heterocycles. The van der Waals surface area contributed by atoms with Crippen LogP contribution >= 0.6 is 0 Å². The van der Waals surface area contributed by atoms with Gasteiger partial charge in [-0.15, -0.1) is 0 Å². The lowest BCUT2D eigenvalue weighted by Gasteiger charge is -2.09. The largest absolute Gasteiger partial charge is 0.355 e. The number of nitro benzene ring substituents is 1. The second-order valence-electron chi connectivity index (χ2n) is 5.58. The van der Waals surface area contributed by atoms with Crippen molar-refractivity contribution in [2.24, 2.45) is 0 Å². The molecule has 1 heterocycles. The van der Waals surface area contributed by atoms with Crippen LogP contribution in [0.4, 0.5) is 17.1 Å². The Bertz CT molecular complexity index is 966. The Morgan fingerprint density at radius 3 is 2.54 bits per heavy atom. The van der Waals surface area contributed by atoms with Crippen molar-refractivity contribution < 1.29 is 9.72 Å². The number of carbonyl (C=O) groups is 1. The van der Waals surface area contributed by atoms with Crippen LogP contribution in [0.5, 0.6) is 0 Å². The normalized spacial score (nSPS) is 10.4. The van der Waals surface area contributed by atoms with E-state index in [2.05, 4.69) is 15.7 Å². The number of aromatic nitrogens is 2. The summed E-state index contributed by atoms with van der Waals surface area (Å²) < 4.78 is 1.74. The third-order valence-electron chi connectivity index (χ3n) is 3.96. The van der Waals surface area contributed by atoms with E-state index in [0.717, 1.165) is 11.4 Å². The molecule has 0 aliphatic heterocycles. The highest BCUT2D eigenvalue weighted by Gasteiger charge is 2.19. The summed E-state index contributed by atoms with van der Waals surface area (Å²) in [6.07, 6.45) is 1.61. The van der Waals surface area contributed by atoms with Gasteiger partial charge in [-0.2, -0.15) is 5.10 Å². The Morgan fingerprint density at radius 2 is 1.88 bits per heavy atom. The number of carbonyl (C=O) groups excluding carboxylic acids is 1. The Labute approximate surface area is 149 Å². The van der Waals surface area contributed by atoms with Crippen molar-refractivity contribution >= 4 is 23.0 Å². The number of benzene rings is 2. The molecule has 3 aromatic rings. The molecule has 0 unspecified atom stereocenters. The van der Waals surface area contributed by atoms with Crippen molar-refractivity contribution in [2.75, 3.05) is 12.4 Å². The molecule has 132 valence electrons. The molecular weight excluding hydrogens is 334 g/mol. The second kappa shape index (κ2) is 7.06. The van der Waals surface area contributed by atoms with Gasteiger partial charge in [0.05, 0.1) is 28.2 Å². The highest BCUT2D eigenvalue weighted by Crippen LogP contribution is 2.30. The molecule has 2 N–H and O–H groups in total. The number of amides is 1. The molecule has 2 aromatic carbocycles. The Balaban J connectivity index is 1.96. The van der Waals surface area contributed by atoms with Crippen LogP contribution < -0.4 is 10.6 Å². The number of nitrogens with zero attached hydrogens (tertiary/aromatic N) is 3. The van der Waals surface area contributed by atoms with Gasteiger partial charge in [-0.3, -0.25) is 14.9 Å². The van der Waals surface area contributed by atoms with Crippen molar-refractivity contribution in [1.82, 2.24) is 15.1 Å². The van der Waals surface area contributed by atoms with Gasteiger partial charge in [-0.1, -0.05) is 18.2 Å². The first kappa shape index (κ1) is 17.2. The number of hydrogen-bond acceptors (Lipinski definition) is 5. The first-order valence-corrected chi connectivity index (χ1v) is 7.89. The molecule has 0 saturated carbocycles. The van der Waals surface area contributed by atoms with Crippen LogP contribution in [0.25, 0.3) is 5.69 Å². The third kappa shape index (κ3) is 3.25. The van der Waals surface area contributed by atoms with Gasteiger partial charge in [0.15, 0.2) is 0 Å². The minimum absolute atomic E-state index is 0.182. The highest BCUT2D eigenvalue weighted by atomic mass is 16.6. The zero-order chi connectivity index (χ0) is 18.7. The van der Waals surface area contributed by atoms with Crippen LogP contribution in [0.2, 0.25) is 0 Å². The molecule has 0 bridgehead atoms. The maximum Gasteiger partial charge on any atom is 0.293 e. The molecule has 0 radical (unpaired) electrons. The summed E-state index contributed by atoms with van der Waals surface area (Å²) in [4.78, 5) is 22.6. The minimum Gasteiger partial charge on any atom is -0.355 e. The number of hydrogen-bond donors (Lipinski definition) is 2. The van der Waals surface area contributed by atoms with Crippen molar-refractivity contribution in [3.63, 3.8) is 0 Å². The van der Waals surface area contributed by atoms with Gasteiger partial charge < -0.3 is 10.6 Å². The Morgan fingerprint density at radius 1 is 1.15 bits per heavy atom. The lowest BCUT2D eigenvalue weighted by molar-refractivity contribution is -0.383. The van der Waals surface area contributed by atoms with E-state index in [9.17, 15) is 14.9 Å². The predicted molar refractivity (Wildman–Crippen MR) is 98.1 cm³/mol. The SMILES string of the molecule is CNC(=O)c1ccc(Nc2cnn(-c3ccccc3)c2C)c([N+](=O)[O-])c1. The van der Waals surface area contributed by atoms with E-state index >= 15 is 0 Å². The Kier molecular flexibility index (Phi) is 4.66. The average Bonchev–Trinajstić information content (AvgIpc) is 3.02. The van der Waals surface area contributed by atoms with Crippen LogP contribution in [-0.4, -0.2) is 27.7 Å². The number of para-hydroxylation sites is 1. The zero-order valence-electron chi connectivity index (χ0n) is 14.3. The summed E-state index contributed by atoms with van der Waals surface area (Å²) in [6.45, 7) is 1.87. The molecule has 1 aromatic heterocycles. The number of rotatable bonds is 5. The van der Waals surface area contributed by atoms with E-state index in [1.807, 2.05) is 37.3 Å². The maximum absolute atomic E-state index is 11.7. The monoisotopic (exact) mass is 351 g/mol. The lowest BCUT2D eigenvalue weighted by atomic mass is 10.1. The summed E-state index contributed by atoms with van der Waals surface area (Å²) in [5.74, 6) is -0.382. The quantitative estimate of drug-likeness (QED) is 0.543. The van der Waals surface area contributed by atoms with Crippen LogP contribution in [-0.2, 0) is 0 Å². The number of nitrogens with one attached hydrogen (secondary N) is 2. The van der Waals surface area contributed by atoms with Crippen molar-refractivity contribution in [1.29, 1.82) is 0 Å². The highest BCUT2D eigenvalue weighted by molar-refractivity contribution is 5.95. The van der Waals surface area contributed by atoms with E-state index in [0.29, 0.717) is 11.4 Å². The van der Waals surface area contributed by atoms with E-state index in [1.54, 1.807) is 10.9 Å². The van der Waals surface area contributed by atoms with Gasteiger partial charge in [0.2, 0.25) is 0 Å². The molecule has 0 fully saturated rings. The Hall–Kier alpha value is -3.68. The summed E-state index contributed by atoms with van der Waals surface area (Å²) in [7, 11) is 1.47. The van der Waals surface area contributed by atoms with E-state index in [-0.39, 0.29) is 17.2 Å². The molecule has 0 aliphatic carbocycles. The minimum atomic E-state index is -0.522. The van der Waals surface area contributed by atoms with Crippen LogP contribution in [0.15, 0.2) is 54.7 Å². The topological polar surface area (TPSA) is 102 Å². The predicted octanol–water partition coefficient (Wildman–Crippen LogP) is 3.19. The number of anilines is 2. The first-order valence-electron chi connectivity index (χ1n) is 7.89. The molecule has 26 heavy (non-hydrogen) atoms. The number of nitro groups is 1. The van der Waals surface area contributed by atoms with Gasteiger partial charge in [0.1, 0.15) is 5.69 Å². The standard InChI is InChI=1S/C18H17N5O3/c1-12-16(11-20-22(12)14-6-4-3-5-7-14)21-15-9-8-13(18(24)19-2)10-17(15)23(25)26/h3-11,21H,1-2H3,(H,19,24). The zero-order valence-corrected chi connectivity index (χ0v) is 14.3. The van der Waals surface area contributed by atoms with Crippen molar-refractivity contribution in [2.45, 2.75) is 6.92 Å². The second-order valence-corrected chi connectivity index (χ2v) is 5.58. The van der Waals surface area contributed by atoms with Gasteiger partial charge in [-0.05, 0) is 31.2 Å². The summed E-state index contributed by atoms with van der Waals surface area (Å²) in [5.41, 5.74) is 2.67. The van der Waals surface area contributed by atoms with E-state index in [1.165, 1.54) is 25.2 Å². The maximum atomic E-state index is 11.7. The van der Waals surface area contributed by atoms with Gasteiger partial charge in [0.25, 0.3) is 11.6 Å². The molecule has 0 aliphatic rings. The van der Waals surface area contributed by atoms with Crippen LogP contribution in [0, 0.1) is 17.0 Å². The molecule has 8 nitrogen and oxygen atoms in total. The fourth-order valence-corrected chi connectivity index (χ4v) is 2.58. The van der Waals surface area contributed by atoms with Gasteiger partial charge in [0, 0.05) is 18.7 Å². The summed E-state index contributed by atoms with van der Waals surface area (Å²) >= 11 is 0. The molecule has 3 rings (SSSR count). The van der Waals surface area contributed by atoms with Gasteiger partial charge in [-0.25, -0.2) is 4.68 Å². The van der Waals surface area contributed by atoms with Crippen LogP contribution in [0.1, 0.15) is 16.1 Å². The third-order valence-corrected chi connectivity index (χ3v) is 3.96. The fraction of sp³-hybridized carbons (Fsp3) is 0.111. The fourth-order valence-electron chi connectivity index (χ4n) is 2.58. The molecule has 8 heteroatoms. The average molecular weight is 351 g/mol. The first-order chi connectivity index (χ1) is 12.5. The molecule has 0 spiro atoms. The van der Waals surface area contributed by atoms with Crippen LogP contribution in [0.3, 0.4) is 0 Å². The van der Waals surface area contributed by atoms with Gasteiger partial charge >= 0.3 is 0 Å². The van der Waals surface area contributed by atoms with Crippen molar-refractivity contribution in [3.05, 3.63) is 76.1 Å². The summed E-state index contributed by atoms with van der Waals surface area (Å²) in [5, 5.41) is 21.2. The lowest BCUT2D eigenvalue weighted by Crippen LogP contribution is -2.17. The molecule has 0 atom stereocenters. The molecule has 1 amide bonds. The van der Waals surface area contributed by atoms with E-state index in [4.69, 9.17) is 0 Å². The summed E-state index contributed by atoms with van der Waals surface area (Å²) in [6, 6.07) is 13.9. The smallest absolute Gasteiger partial charge is 0.293 e.